The van der Waals surface area contributed by atoms with E-state index in [9.17, 15) is 4.79 Å². The number of nitrogens with zero attached hydrogens (tertiary/aromatic N) is 3. The van der Waals surface area contributed by atoms with Gasteiger partial charge in [0.25, 0.3) is 0 Å². The number of carbonyl (C=O) groups excluding carboxylic acids is 1. The largest absolute Gasteiger partial charge is 0.461 e. The summed E-state index contributed by atoms with van der Waals surface area (Å²) >= 11 is 0. The maximum atomic E-state index is 11.6. The molecular weight excluding hydrogens is 218 g/mol. The Morgan fingerprint density at radius 1 is 1.47 bits per heavy atom. The summed E-state index contributed by atoms with van der Waals surface area (Å²) in [6, 6.07) is 1.82. The van der Waals surface area contributed by atoms with E-state index in [0.717, 1.165) is 18.9 Å². The van der Waals surface area contributed by atoms with Crippen LogP contribution in [0.25, 0.3) is 0 Å². The zero-order chi connectivity index (χ0) is 12.6. The number of fused-ring (bicyclic) bond motifs is 1. The molecule has 0 atom stereocenters. The number of esters is 1. The molecule has 0 aliphatic carbocycles. The first kappa shape index (κ1) is 12.0. The first-order valence-corrected chi connectivity index (χ1v) is 5.96. The monoisotopic (exact) mass is 237 g/mol. The van der Waals surface area contributed by atoms with E-state index in [-0.39, 0.29) is 11.5 Å². The van der Waals surface area contributed by atoms with Gasteiger partial charge in [0.2, 0.25) is 0 Å². The van der Waals surface area contributed by atoms with Gasteiger partial charge in [0.15, 0.2) is 5.69 Å². The zero-order valence-corrected chi connectivity index (χ0v) is 10.9. The highest BCUT2D eigenvalue weighted by molar-refractivity contribution is 5.88. The molecule has 0 saturated heterocycles. The molecule has 1 aromatic heterocycles. The predicted molar refractivity (Wildman–Crippen MR) is 65.3 cm³/mol. The van der Waals surface area contributed by atoms with E-state index in [1.165, 1.54) is 0 Å². The highest BCUT2D eigenvalue weighted by Crippen LogP contribution is 2.29. The second-order valence-electron chi connectivity index (χ2n) is 5.15. The van der Waals surface area contributed by atoms with Gasteiger partial charge >= 0.3 is 5.97 Å². The minimum absolute atomic E-state index is 0.0419. The number of rotatable bonds is 2. The fraction of sp³-hybridized carbons (Fsp3) is 0.667. The van der Waals surface area contributed by atoms with Gasteiger partial charge in [-0.25, -0.2) is 9.48 Å². The number of carbonyl (C=O) groups is 1. The lowest BCUT2D eigenvalue weighted by Crippen LogP contribution is -2.40. The highest BCUT2D eigenvalue weighted by atomic mass is 16.5. The number of hydrogen-bond donors (Lipinski definition) is 0. The van der Waals surface area contributed by atoms with Gasteiger partial charge in [-0.2, -0.15) is 5.10 Å². The van der Waals surface area contributed by atoms with E-state index in [1.807, 2.05) is 10.7 Å². The Hall–Kier alpha value is -1.52. The zero-order valence-electron chi connectivity index (χ0n) is 10.9. The van der Waals surface area contributed by atoms with Gasteiger partial charge in [-0.05, 0) is 27.7 Å². The summed E-state index contributed by atoms with van der Waals surface area (Å²) in [7, 11) is 0. The van der Waals surface area contributed by atoms with Crippen LogP contribution in [-0.2, 0) is 11.3 Å². The van der Waals surface area contributed by atoms with Gasteiger partial charge in [0.05, 0.1) is 13.2 Å². The lowest BCUT2D eigenvalue weighted by atomic mass is 10.1. The molecule has 5 heteroatoms. The van der Waals surface area contributed by atoms with Crippen molar-refractivity contribution < 1.29 is 9.53 Å². The SMILES string of the molecule is CCOC(=O)c1cc2n(n1)CCN2C(C)(C)C. The molecule has 2 rings (SSSR count). The van der Waals surface area contributed by atoms with Gasteiger partial charge in [-0.1, -0.05) is 0 Å². The van der Waals surface area contributed by atoms with E-state index >= 15 is 0 Å². The highest BCUT2D eigenvalue weighted by Gasteiger charge is 2.31. The first-order chi connectivity index (χ1) is 7.93. The summed E-state index contributed by atoms with van der Waals surface area (Å²) in [6.07, 6.45) is 0. The van der Waals surface area contributed by atoms with E-state index in [2.05, 4.69) is 30.8 Å². The van der Waals surface area contributed by atoms with E-state index in [4.69, 9.17) is 4.74 Å². The molecule has 0 amide bonds. The quantitative estimate of drug-likeness (QED) is 0.734. The van der Waals surface area contributed by atoms with Gasteiger partial charge in [0, 0.05) is 18.2 Å². The Morgan fingerprint density at radius 2 is 2.18 bits per heavy atom. The molecule has 0 spiro atoms. The van der Waals surface area contributed by atoms with Gasteiger partial charge in [-0.3, -0.25) is 0 Å². The Labute approximate surface area is 101 Å². The van der Waals surface area contributed by atoms with Crippen LogP contribution < -0.4 is 4.90 Å². The first-order valence-electron chi connectivity index (χ1n) is 5.96. The van der Waals surface area contributed by atoms with Crippen molar-refractivity contribution in [1.82, 2.24) is 9.78 Å². The molecular formula is C12H19N3O2. The fourth-order valence-corrected chi connectivity index (χ4v) is 2.08. The Bertz CT molecular complexity index is 431. The summed E-state index contributed by atoms with van der Waals surface area (Å²) in [5.41, 5.74) is 0.441. The molecule has 0 aromatic carbocycles. The van der Waals surface area contributed by atoms with Crippen LogP contribution in [0.15, 0.2) is 6.07 Å². The van der Waals surface area contributed by atoms with Gasteiger partial charge < -0.3 is 9.64 Å². The molecule has 1 aliphatic heterocycles. The predicted octanol–water partition coefficient (Wildman–Crippen LogP) is 1.68. The van der Waals surface area contributed by atoms with Crippen LogP contribution in [0.4, 0.5) is 5.82 Å². The van der Waals surface area contributed by atoms with Crippen molar-refractivity contribution in [1.29, 1.82) is 0 Å². The lowest BCUT2D eigenvalue weighted by Gasteiger charge is -2.32. The van der Waals surface area contributed by atoms with E-state index in [0.29, 0.717) is 12.3 Å². The van der Waals surface area contributed by atoms with Crippen LogP contribution in [0.5, 0.6) is 0 Å². The van der Waals surface area contributed by atoms with Crippen LogP contribution in [-0.4, -0.2) is 34.4 Å². The molecule has 94 valence electrons. The third kappa shape index (κ3) is 2.14. The summed E-state index contributed by atoms with van der Waals surface area (Å²) in [6.45, 7) is 10.4. The molecule has 5 nitrogen and oxygen atoms in total. The number of ether oxygens (including phenoxy) is 1. The van der Waals surface area contributed by atoms with Gasteiger partial charge in [-0.15, -0.1) is 0 Å². The van der Waals surface area contributed by atoms with E-state index < -0.39 is 0 Å². The van der Waals surface area contributed by atoms with Crippen LogP contribution in [0.3, 0.4) is 0 Å². The summed E-state index contributed by atoms with van der Waals surface area (Å²) < 4.78 is 6.82. The topological polar surface area (TPSA) is 47.4 Å². The van der Waals surface area contributed by atoms with Crippen LogP contribution in [0.2, 0.25) is 0 Å². The van der Waals surface area contributed by atoms with Crippen molar-refractivity contribution in [3.63, 3.8) is 0 Å². The third-order valence-electron chi connectivity index (χ3n) is 2.86. The van der Waals surface area contributed by atoms with Crippen LogP contribution >= 0.6 is 0 Å². The molecule has 17 heavy (non-hydrogen) atoms. The molecule has 0 N–H and O–H groups in total. The molecule has 0 bridgehead atoms. The molecule has 0 unspecified atom stereocenters. The normalized spacial score (nSPS) is 14.9. The summed E-state index contributed by atoms with van der Waals surface area (Å²) in [5, 5.41) is 4.27. The van der Waals surface area contributed by atoms with Crippen molar-refractivity contribution >= 4 is 11.8 Å². The third-order valence-corrected chi connectivity index (χ3v) is 2.86. The minimum atomic E-state index is -0.344. The van der Waals surface area contributed by atoms with E-state index in [1.54, 1.807) is 6.92 Å². The number of aromatic nitrogens is 2. The van der Waals surface area contributed by atoms with Crippen molar-refractivity contribution in [2.75, 3.05) is 18.1 Å². The van der Waals surface area contributed by atoms with Crippen molar-refractivity contribution in [3.8, 4) is 0 Å². The molecule has 1 aromatic rings. The summed E-state index contributed by atoms with van der Waals surface area (Å²) in [4.78, 5) is 13.8. The number of hydrogen-bond acceptors (Lipinski definition) is 4. The smallest absolute Gasteiger partial charge is 0.358 e. The number of anilines is 1. The maximum absolute atomic E-state index is 11.6. The standard InChI is InChI=1S/C12H19N3O2/c1-5-17-11(16)9-8-10-14(12(2,3)4)6-7-15(10)13-9/h8H,5-7H2,1-4H3. The van der Waals surface area contributed by atoms with Crippen LogP contribution in [0, 0.1) is 0 Å². The molecule has 0 fully saturated rings. The van der Waals surface area contributed by atoms with Crippen LogP contribution in [0.1, 0.15) is 38.2 Å². The molecule has 0 radical (unpaired) electrons. The second kappa shape index (κ2) is 4.05. The average Bonchev–Trinajstić information content (AvgIpc) is 2.73. The maximum Gasteiger partial charge on any atom is 0.358 e. The fourth-order valence-electron chi connectivity index (χ4n) is 2.08. The van der Waals surface area contributed by atoms with Crippen molar-refractivity contribution in [2.24, 2.45) is 0 Å². The Balaban J connectivity index is 2.26. The second-order valence-corrected chi connectivity index (χ2v) is 5.15. The molecule has 1 aliphatic rings. The average molecular weight is 237 g/mol. The van der Waals surface area contributed by atoms with Gasteiger partial charge in [0.1, 0.15) is 5.82 Å². The lowest BCUT2D eigenvalue weighted by molar-refractivity contribution is 0.0518. The Kier molecular flexibility index (Phi) is 2.85. The molecule has 0 saturated carbocycles. The van der Waals surface area contributed by atoms with Crippen molar-refractivity contribution in [2.45, 2.75) is 39.8 Å². The summed E-state index contributed by atoms with van der Waals surface area (Å²) in [5.74, 6) is 0.656. The van der Waals surface area contributed by atoms with Crippen molar-refractivity contribution in [3.05, 3.63) is 11.8 Å². The Morgan fingerprint density at radius 3 is 2.76 bits per heavy atom. The molecule has 2 heterocycles. The minimum Gasteiger partial charge on any atom is -0.461 e.